The summed E-state index contributed by atoms with van der Waals surface area (Å²) in [6.45, 7) is 7.50. The highest BCUT2D eigenvalue weighted by Crippen LogP contribution is 2.40. The van der Waals surface area contributed by atoms with E-state index in [9.17, 15) is 9.59 Å². The first-order chi connectivity index (χ1) is 14.3. The van der Waals surface area contributed by atoms with Crippen LogP contribution in [0.1, 0.15) is 118 Å². The van der Waals surface area contributed by atoms with Crippen LogP contribution in [0.5, 0.6) is 0 Å². The van der Waals surface area contributed by atoms with Crippen molar-refractivity contribution in [2.24, 2.45) is 0 Å². The highest BCUT2D eigenvalue weighted by atomic mass is 16.8. The van der Waals surface area contributed by atoms with Gasteiger partial charge in [0.05, 0.1) is 24.4 Å². The number of hydrogen-bond donors (Lipinski definition) is 0. The van der Waals surface area contributed by atoms with Crippen molar-refractivity contribution in [2.75, 3.05) is 0 Å². The summed E-state index contributed by atoms with van der Waals surface area (Å²) in [4.78, 5) is 22.5. The molecular weight excluding hydrogens is 380 g/mol. The van der Waals surface area contributed by atoms with Gasteiger partial charge in [-0.05, 0) is 40.0 Å². The third kappa shape index (κ3) is 9.57. The van der Waals surface area contributed by atoms with E-state index in [0.29, 0.717) is 31.5 Å². The van der Waals surface area contributed by atoms with Crippen LogP contribution >= 0.6 is 0 Å². The van der Waals surface area contributed by atoms with Crippen LogP contribution < -0.4 is 0 Å². The van der Waals surface area contributed by atoms with Crippen molar-refractivity contribution in [3.05, 3.63) is 0 Å². The Bertz CT molecular complexity index is 534. The van der Waals surface area contributed by atoms with E-state index in [1.807, 2.05) is 6.92 Å². The fraction of sp³-hybridized carbons (Fsp3) is 0.920. The number of ether oxygens (including phenoxy) is 3. The standard InChI is InChI=1S/C25H44O5/c1-5-6-10-14-21-23(28-21)18-24-22(15-12-9-7-8-11-13-19(2)26)29-25(4,30-24)17-16-20(3)27/h21-24H,5-18H2,1-4H3. The SMILES string of the molecule is CCCCCC1OC1CC1OC(C)(CCC(C)=O)OC1CCCCCCCC(C)=O. The second kappa shape index (κ2) is 12.9. The van der Waals surface area contributed by atoms with Gasteiger partial charge in [0, 0.05) is 25.7 Å². The maximum absolute atomic E-state index is 11.4. The number of ketones is 2. The number of rotatable bonds is 17. The molecule has 2 fully saturated rings. The Balaban J connectivity index is 1.76. The molecular formula is C25H44O5. The number of epoxide rings is 1. The van der Waals surface area contributed by atoms with Gasteiger partial charge in [0.25, 0.3) is 0 Å². The average molecular weight is 425 g/mol. The molecule has 30 heavy (non-hydrogen) atoms. The van der Waals surface area contributed by atoms with E-state index in [1.54, 1.807) is 13.8 Å². The maximum Gasteiger partial charge on any atom is 0.166 e. The quantitative estimate of drug-likeness (QED) is 0.214. The molecule has 0 spiro atoms. The minimum Gasteiger partial charge on any atom is -0.369 e. The Morgan fingerprint density at radius 2 is 1.33 bits per heavy atom. The van der Waals surface area contributed by atoms with E-state index in [0.717, 1.165) is 44.9 Å². The minimum absolute atomic E-state index is 0.0563. The van der Waals surface area contributed by atoms with Gasteiger partial charge in [-0.25, -0.2) is 0 Å². The third-order valence-electron chi connectivity index (χ3n) is 6.41. The smallest absolute Gasteiger partial charge is 0.166 e. The maximum atomic E-state index is 11.4. The molecule has 2 rings (SSSR count). The number of carbonyl (C=O) groups excluding carboxylic acids is 2. The van der Waals surface area contributed by atoms with Crippen molar-refractivity contribution in [3.8, 4) is 0 Å². The van der Waals surface area contributed by atoms with Crippen molar-refractivity contribution < 1.29 is 23.8 Å². The van der Waals surface area contributed by atoms with E-state index in [2.05, 4.69) is 6.92 Å². The summed E-state index contributed by atoms with van der Waals surface area (Å²) in [6, 6.07) is 0. The molecule has 5 unspecified atom stereocenters. The van der Waals surface area contributed by atoms with E-state index in [4.69, 9.17) is 14.2 Å². The van der Waals surface area contributed by atoms with Crippen LogP contribution in [0.4, 0.5) is 0 Å². The Morgan fingerprint density at radius 1 is 0.733 bits per heavy atom. The van der Waals surface area contributed by atoms with Crippen LogP contribution in [-0.4, -0.2) is 41.8 Å². The molecule has 2 saturated heterocycles. The van der Waals surface area contributed by atoms with Gasteiger partial charge in [0.1, 0.15) is 11.6 Å². The molecule has 2 aliphatic rings. The molecule has 0 aromatic rings. The molecule has 0 saturated carbocycles. The highest BCUT2D eigenvalue weighted by molar-refractivity contribution is 5.75. The Kier molecular flexibility index (Phi) is 11.0. The molecule has 0 aromatic heterocycles. The van der Waals surface area contributed by atoms with E-state index >= 15 is 0 Å². The van der Waals surface area contributed by atoms with Gasteiger partial charge in [-0.3, -0.25) is 0 Å². The number of Topliss-reactive ketones (excluding diaryl/α,β-unsaturated/α-hetero) is 2. The predicted molar refractivity (Wildman–Crippen MR) is 118 cm³/mol. The molecule has 0 amide bonds. The van der Waals surface area contributed by atoms with Gasteiger partial charge in [-0.2, -0.15) is 0 Å². The predicted octanol–water partition coefficient (Wildman–Crippen LogP) is 5.91. The summed E-state index contributed by atoms with van der Waals surface area (Å²) in [5.41, 5.74) is 0. The van der Waals surface area contributed by atoms with Crippen LogP contribution in [0.25, 0.3) is 0 Å². The summed E-state index contributed by atoms with van der Waals surface area (Å²) in [6.07, 6.45) is 15.0. The van der Waals surface area contributed by atoms with Gasteiger partial charge in [-0.1, -0.05) is 51.9 Å². The summed E-state index contributed by atoms with van der Waals surface area (Å²) in [5.74, 6) is -0.195. The van der Waals surface area contributed by atoms with Crippen molar-refractivity contribution in [2.45, 2.75) is 148 Å². The summed E-state index contributed by atoms with van der Waals surface area (Å²) >= 11 is 0. The van der Waals surface area contributed by atoms with E-state index < -0.39 is 5.79 Å². The minimum atomic E-state index is -0.658. The van der Waals surface area contributed by atoms with Crippen molar-refractivity contribution in [1.29, 1.82) is 0 Å². The van der Waals surface area contributed by atoms with Crippen LogP contribution in [0.15, 0.2) is 0 Å². The first-order valence-electron chi connectivity index (χ1n) is 12.3. The molecule has 0 aliphatic carbocycles. The van der Waals surface area contributed by atoms with Gasteiger partial charge in [0.2, 0.25) is 0 Å². The van der Waals surface area contributed by atoms with Crippen LogP contribution in [-0.2, 0) is 23.8 Å². The Labute approximate surface area is 183 Å². The molecule has 0 radical (unpaired) electrons. The normalized spacial score (nSPS) is 30.5. The molecule has 0 aromatic carbocycles. The zero-order valence-electron chi connectivity index (χ0n) is 19.8. The third-order valence-corrected chi connectivity index (χ3v) is 6.41. The zero-order valence-corrected chi connectivity index (χ0v) is 19.8. The second-order valence-electron chi connectivity index (χ2n) is 9.60. The molecule has 0 bridgehead atoms. The zero-order chi connectivity index (χ0) is 22.0. The van der Waals surface area contributed by atoms with Crippen molar-refractivity contribution in [1.82, 2.24) is 0 Å². The molecule has 2 aliphatic heterocycles. The van der Waals surface area contributed by atoms with Crippen molar-refractivity contribution >= 4 is 11.6 Å². The summed E-state index contributed by atoms with van der Waals surface area (Å²) in [5, 5.41) is 0. The number of unbranched alkanes of at least 4 members (excludes halogenated alkanes) is 6. The Morgan fingerprint density at radius 3 is 2.03 bits per heavy atom. The first kappa shape index (κ1) is 25.5. The number of hydrogen-bond acceptors (Lipinski definition) is 5. The van der Waals surface area contributed by atoms with Crippen LogP contribution in [0.2, 0.25) is 0 Å². The molecule has 5 atom stereocenters. The summed E-state index contributed by atoms with van der Waals surface area (Å²) in [7, 11) is 0. The monoisotopic (exact) mass is 424 g/mol. The lowest BCUT2D eigenvalue weighted by atomic mass is 9.99. The summed E-state index contributed by atoms with van der Waals surface area (Å²) < 4.78 is 18.6. The van der Waals surface area contributed by atoms with Crippen molar-refractivity contribution in [3.63, 3.8) is 0 Å². The van der Waals surface area contributed by atoms with Gasteiger partial charge in [0.15, 0.2) is 5.79 Å². The Hall–Kier alpha value is -0.780. The van der Waals surface area contributed by atoms with Crippen LogP contribution in [0.3, 0.4) is 0 Å². The fourth-order valence-electron chi connectivity index (χ4n) is 4.50. The van der Waals surface area contributed by atoms with Gasteiger partial charge >= 0.3 is 0 Å². The molecule has 5 nitrogen and oxygen atoms in total. The van der Waals surface area contributed by atoms with Gasteiger partial charge < -0.3 is 23.8 Å². The van der Waals surface area contributed by atoms with E-state index in [1.165, 1.54) is 25.7 Å². The lowest BCUT2D eigenvalue weighted by Gasteiger charge is -2.23. The largest absolute Gasteiger partial charge is 0.369 e. The second-order valence-corrected chi connectivity index (χ2v) is 9.60. The molecule has 2 heterocycles. The fourth-order valence-corrected chi connectivity index (χ4v) is 4.50. The number of carbonyl (C=O) groups is 2. The van der Waals surface area contributed by atoms with Crippen LogP contribution in [0, 0.1) is 0 Å². The lowest BCUT2D eigenvalue weighted by molar-refractivity contribution is -0.169. The topological polar surface area (TPSA) is 65.1 Å². The highest BCUT2D eigenvalue weighted by Gasteiger charge is 2.48. The van der Waals surface area contributed by atoms with Gasteiger partial charge in [-0.15, -0.1) is 0 Å². The first-order valence-corrected chi connectivity index (χ1v) is 12.3. The lowest BCUT2D eigenvalue weighted by Crippen LogP contribution is -2.27. The average Bonchev–Trinajstić information content (AvgIpc) is 3.33. The molecule has 174 valence electrons. The van der Waals surface area contributed by atoms with E-state index in [-0.39, 0.29) is 23.8 Å². The molecule has 0 N–H and O–H groups in total. The molecule has 5 heteroatoms.